The van der Waals surface area contributed by atoms with Crippen molar-refractivity contribution in [2.75, 3.05) is 11.1 Å². The van der Waals surface area contributed by atoms with Crippen LogP contribution >= 0.6 is 11.8 Å². The highest BCUT2D eigenvalue weighted by Crippen LogP contribution is 2.25. The van der Waals surface area contributed by atoms with E-state index in [-0.39, 0.29) is 17.3 Å². The van der Waals surface area contributed by atoms with Gasteiger partial charge < -0.3 is 9.88 Å². The van der Waals surface area contributed by atoms with Crippen LogP contribution in [0.2, 0.25) is 0 Å². The molecule has 0 aliphatic rings. The van der Waals surface area contributed by atoms with Gasteiger partial charge in [0.25, 0.3) is 5.69 Å². The van der Waals surface area contributed by atoms with Crippen molar-refractivity contribution in [3.8, 4) is 11.4 Å². The lowest BCUT2D eigenvalue weighted by atomic mass is 10.2. The minimum absolute atomic E-state index is 0.0295. The van der Waals surface area contributed by atoms with Crippen LogP contribution in [0.4, 0.5) is 11.4 Å². The molecule has 10 heteroatoms. The maximum absolute atomic E-state index is 12.3. The van der Waals surface area contributed by atoms with Crippen LogP contribution in [0.5, 0.6) is 0 Å². The molecule has 3 aromatic rings. The number of thioether (sulfide) groups is 1. The molecule has 2 aromatic heterocycles. The lowest BCUT2D eigenvalue weighted by Crippen LogP contribution is -2.15. The van der Waals surface area contributed by atoms with Crippen LogP contribution in [0.1, 0.15) is 12.5 Å². The molecule has 0 atom stereocenters. The van der Waals surface area contributed by atoms with Crippen LogP contribution in [0, 0.1) is 17.0 Å². The Morgan fingerprint density at radius 1 is 1.25 bits per heavy atom. The van der Waals surface area contributed by atoms with E-state index < -0.39 is 4.92 Å². The predicted octanol–water partition coefficient (Wildman–Crippen LogP) is 3.31. The average Bonchev–Trinajstić information content (AvgIpc) is 3.11. The zero-order valence-corrected chi connectivity index (χ0v) is 16.1. The van der Waals surface area contributed by atoms with Crippen molar-refractivity contribution in [2.24, 2.45) is 0 Å². The monoisotopic (exact) mass is 398 g/mol. The standard InChI is InChI=1S/C18H18N6O3S/c1-3-23-17(13-6-8-19-9-7-13)21-22-18(23)28-11-16(25)20-14-5-4-12(2)15(10-14)24(26)27/h4-10H,3,11H2,1-2H3,(H,20,25). The van der Waals surface area contributed by atoms with Crippen LogP contribution in [0.25, 0.3) is 11.4 Å². The fraction of sp³-hybridized carbons (Fsp3) is 0.222. The number of benzene rings is 1. The molecule has 144 valence electrons. The number of nitrogens with one attached hydrogen (secondary N) is 1. The summed E-state index contributed by atoms with van der Waals surface area (Å²) in [5.74, 6) is 0.539. The number of amides is 1. The minimum atomic E-state index is -0.468. The number of carbonyl (C=O) groups excluding carboxylic acids is 1. The van der Waals surface area contributed by atoms with Gasteiger partial charge in [-0.2, -0.15) is 0 Å². The van der Waals surface area contributed by atoms with Gasteiger partial charge in [-0.1, -0.05) is 17.8 Å². The minimum Gasteiger partial charge on any atom is -0.325 e. The van der Waals surface area contributed by atoms with E-state index in [9.17, 15) is 14.9 Å². The summed E-state index contributed by atoms with van der Waals surface area (Å²) in [5, 5.41) is 22.7. The van der Waals surface area contributed by atoms with Crippen molar-refractivity contribution in [3.05, 3.63) is 58.4 Å². The lowest BCUT2D eigenvalue weighted by Gasteiger charge is -2.08. The highest BCUT2D eigenvalue weighted by molar-refractivity contribution is 7.99. The maximum Gasteiger partial charge on any atom is 0.274 e. The summed E-state index contributed by atoms with van der Waals surface area (Å²) in [5.41, 5.74) is 1.79. The Labute approximate surface area is 165 Å². The molecule has 3 rings (SSSR count). The molecule has 2 heterocycles. The second kappa shape index (κ2) is 8.61. The Bertz CT molecular complexity index is 1010. The Morgan fingerprint density at radius 2 is 2.00 bits per heavy atom. The van der Waals surface area contributed by atoms with Gasteiger partial charge in [-0.05, 0) is 32.0 Å². The molecule has 1 amide bonds. The summed E-state index contributed by atoms with van der Waals surface area (Å²) in [7, 11) is 0. The van der Waals surface area contributed by atoms with Crippen molar-refractivity contribution in [1.29, 1.82) is 0 Å². The Morgan fingerprint density at radius 3 is 2.68 bits per heavy atom. The quantitative estimate of drug-likeness (QED) is 0.369. The van der Waals surface area contributed by atoms with Crippen molar-refractivity contribution >= 4 is 29.0 Å². The van der Waals surface area contributed by atoms with Crippen LogP contribution in [0.3, 0.4) is 0 Å². The van der Waals surface area contributed by atoms with Gasteiger partial charge in [-0.15, -0.1) is 10.2 Å². The Balaban J connectivity index is 1.68. The average molecular weight is 398 g/mol. The number of carbonyl (C=O) groups is 1. The van der Waals surface area contributed by atoms with E-state index in [1.807, 2.05) is 23.6 Å². The van der Waals surface area contributed by atoms with Crippen LogP contribution < -0.4 is 5.32 Å². The van der Waals surface area contributed by atoms with E-state index in [1.54, 1.807) is 31.5 Å². The molecule has 1 aromatic carbocycles. The van der Waals surface area contributed by atoms with Gasteiger partial charge in [-0.25, -0.2) is 0 Å². The summed E-state index contributed by atoms with van der Waals surface area (Å²) in [6.45, 7) is 4.28. The molecule has 9 nitrogen and oxygen atoms in total. The van der Waals surface area contributed by atoms with E-state index in [1.165, 1.54) is 17.8 Å². The normalized spacial score (nSPS) is 10.6. The molecule has 0 saturated heterocycles. The second-order valence-electron chi connectivity index (χ2n) is 5.88. The van der Waals surface area contributed by atoms with Gasteiger partial charge in [0.2, 0.25) is 5.91 Å². The van der Waals surface area contributed by atoms with E-state index in [0.29, 0.717) is 28.8 Å². The first-order valence-electron chi connectivity index (χ1n) is 8.51. The molecule has 1 N–H and O–H groups in total. The third-order valence-electron chi connectivity index (χ3n) is 3.99. The Hall–Kier alpha value is -3.27. The summed E-state index contributed by atoms with van der Waals surface area (Å²) < 4.78 is 1.92. The number of nitro benzene ring substituents is 1. The zero-order valence-electron chi connectivity index (χ0n) is 15.3. The number of anilines is 1. The van der Waals surface area contributed by atoms with Gasteiger partial charge in [0.1, 0.15) is 0 Å². The molecule has 28 heavy (non-hydrogen) atoms. The number of aryl methyl sites for hydroxylation is 1. The van der Waals surface area contributed by atoms with Gasteiger partial charge in [0, 0.05) is 41.8 Å². The second-order valence-corrected chi connectivity index (χ2v) is 6.82. The van der Waals surface area contributed by atoms with E-state index in [0.717, 1.165) is 5.56 Å². The number of nitro groups is 1. The summed E-state index contributed by atoms with van der Waals surface area (Å²) >= 11 is 1.26. The number of nitrogens with zero attached hydrogens (tertiary/aromatic N) is 5. The maximum atomic E-state index is 12.3. The number of pyridine rings is 1. The van der Waals surface area contributed by atoms with Gasteiger partial charge >= 0.3 is 0 Å². The van der Waals surface area contributed by atoms with Gasteiger partial charge in [-0.3, -0.25) is 19.9 Å². The molecule has 0 radical (unpaired) electrons. The van der Waals surface area contributed by atoms with Crippen LogP contribution in [0.15, 0.2) is 47.9 Å². The Kier molecular flexibility index (Phi) is 5.99. The first-order valence-corrected chi connectivity index (χ1v) is 9.49. The first kappa shape index (κ1) is 19.5. The first-order chi connectivity index (χ1) is 13.5. The zero-order chi connectivity index (χ0) is 20.1. The largest absolute Gasteiger partial charge is 0.325 e. The van der Waals surface area contributed by atoms with Crippen molar-refractivity contribution in [1.82, 2.24) is 19.7 Å². The number of aromatic nitrogens is 4. The summed E-state index contributed by atoms with van der Waals surface area (Å²) in [6, 6.07) is 8.30. The molecule has 0 unspecified atom stereocenters. The molecular formula is C18H18N6O3S. The van der Waals surface area contributed by atoms with Crippen molar-refractivity contribution in [3.63, 3.8) is 0 Å². The predicted molar refractivity (Wildman–Crippen MR) is 106 cm³/mol. The number of rotatable bonds is 7. The van der Waals surface area contributed by atoms with Crippen molar-refractivity contribution in [2.45, 2.75) is 25.5 Å². The highest BCUT2D eigenvalue weighted by atomic mass is 32.2. The molecule has 0 saturated carbocycles. The van der Waals surface area contributed by atoms with E-state index in [4.69, 9.17) is 0 Å². The third-order valence-corrected chi connectivity index (χ3v) is 4.96. The fourth-order valence-electron chi connectivity index (χ4n) is 2.61. The van der Waals surface area contributed by atoms with Gasteiger partial charge in [0.15, 0.2) is 11.0 Å². The fourth-order valence-corrected chi connectivity index (χ4v) is 3.41. The molecule has 0 spiro atoms. The number of hydrogen-bond acceptors (Lipinski definition) is 7. The molecular weight excluding hydrogens is 380 g/mol. The highest BCUT2D eigenvalue weighted by Gasteiger charge is 2.16. The smallest absolute Gasteiger partial charge is 0.274 e. The van der Waals surface area contributed by atoms with Crippen molar-refractivity contribution < 1.29 is 9.72 Å². The summed E-state index contributed by atoms with van der Waals surface area (Å²) in [6.07, 6.45) is 3.37. The van der Waals surface area contributed by atoms with Crippen LogP contribution in [-0.4, -0.2) is 36.3 Å². The molecule has 0 aliphatic heterocycles. The number of hydrogen-bond donors (Lipinski definition) is 1. The summed E-state index contributed by atoms with van der Waals surface area (Å²) in [4.78, 5) is 26.8. The van der Waals surface area contributed by atoms with E-state index >= 15 is 0 Å². The third kappa shape index (κ3) is 4.34. The molecule has 0 bridgehead atoms. The SMILES string of the molecule is CCn1c(SCC(=O)Nc2ccc(C)c([N+](=O)[O-])c2)nnc1-c1ccncc1. The molecule has 0 aliphatic carbocycles. The van der Waals surface area contributed by atoms with Crippen LogP contribution in [-0.2, 0) is 11.3 Å². The molecule has 0 fully saturated rings. The lowest BCUT2D eigenvalue weighted by molar-refractivity contribution is -0.385. The van der Waals surface area contributed by atoms with E-state index in [2.05, 4.69) is 20.5 Å². The topological polar surface area (TPSA) is 116 Å². The van der Waals surface area contributed by atoms with Gasteiger partial charge in [0.05, 0.1) is 10.7 Å².